The molecule has 0 bridgehead atoms. The van der Waals surface area contributed by atoms with E-state index in [4.69, 9.17) is 16.3 Å². The van der Waals surface area contributed by atoms with Crippen LogP contribution in [0.15, 0.2) is 48.8 Å². The Hall–Kier alpha value is -1.91. The number of ether oxygens (including phenoxy) is 1. The number of aromatic nitrogens is 1. The number of benzene rings is 1. The molecule has 21 heavy (non-hydrogen) atoms. The number of hydrogen-bond donors (Lipinski definition) is 1. The van der Waals surface area contributed by atoms with E-state index in [1.807, 2.05) is 19.1 Å². The maximum atomic E-state index is 12.1. The Morgan fingerprint density at radius 1 is 1.19 bits per heavy atom. The molecule has 0 radical (unpaired) electrons. The predicted octanol–water partition coefficient (Wildman–Crippen LogP) is 3.24. The fourth-order valence-electron chi connectivity index (χ4n) is 2.15. The van der Waals surface area contributed by atoms with Crippen LogP contribution in [0.2, 0.25) is 5.02 Å². The molecule has 1 aromatic carbocycles. The molecule has 0 fully saturated rings. The number of methoxy groups -OCH3 is 1. The minimum atomic E-state index is -0.243. The average molecular weight is 305 g/mol. The smallest absolute Gasteiger partial charge is 0.251 e. The summed E-state index contributed by atoms with van der Waals surface area (Å²) in [5.74, 6) is -0.152. The second kappa shape index (κ2) is 7.20. The van der Waals surface area contributed by atoms with E-state index in [-0.39, 0.29) is 18.1 Å². The Morgan fingerprint density at radius 2 is 1.81 bits per heavy atom. The molecule has 0 saturated carbocycles. The van der Waals surface area contributed by atoms with Crippen molar-refractivity contribution in [1.29, 1.82) is 0 Å². The Kier molecular flexibility index (Phi) is 5.31. The first-order chi connectivity index (χ1) is 10.1. The van der Waals surface area contributed by atoms with Gasteiger partial charge in [-0.15, -0.1) is 0 Å². The first-order valence-corrected chi connectivity index (χ1v) is 6.98. The fourth-order valence-corrected chi connectivity index (χ4v) is 2.28. The molecule has 0 spiro atoms. The van der Waals surface area contributed by atoms with E-state index in [1.165, 1.54) is 0 Å². The molecule has 1 amide bonds. The van der Waals surface area contributed by atoms with Crippen LogP contribution in [0.4, 0.5) is 0 Å². The van der Waals surface area contributed by atoms with Gasteiger partial charge in [0.05, 0.1) is 6.04 Å². The van der Waals surface area contributed by atoms with Crippen molar-refractivity contribution in [1.82, 2.24) is 10.3 Å². The topological polar surface area (TPSA) is 51.2 Å². The zero-order chi connectivity index (χ0) is 15.2. The predicted molar refractivity (Wildman–Crippen MR) is 82.4 cm³/mol. The number of hydrogen-bond acceptors (Lipinski definition) is 3. The molecule has 0 aliphatic rings. The van der Waals surface area contributed by atoms with Crippen molar-refractivity contribution in [3.8, 4) is 0 Å². The van der Waals surface area contributed by atoms with Crippen LogP contribution in [0.3, 0.4) is 0 Å². The van der Waals surface area contributed by atoms with Crippen LogP contribution in [0, 0.1) is 0 Å². The van der Waals surface area contributed by atoms with Gasteiger partial charge in [-0.25, -0.2) is 0 Å². The Bertz CT molecular complexity index is 587. The third-order valence-corrected chi connectivity index (χ3v) is 3.46. The summed E-state index contributed by atoms with van der Waals surface area (Å²) in [6.45, 7) is 1.90. The summed E-state index contributed by atoms with van der Waals surface area (Å²) >= 11 is 5.89. The van der Waals surface area contributed by atoms with E-state index in [0.29, 0.717) is 10.6 Å². The summed E-state index contributed by atoms with van der Waals surface area (Å²) in [4.78, 5) is 16.0. The van der Waals surface area contributed by atoms with E-state index in [0.717, 1.165) is 5.56 Å². The standard InChI is InChI=1S/C16H17ClN2O2/c1-11(19-16(20)13-7-9-18-10-8-13)15(21-2)12-3-5-14(17)6-4-12/h3-11,15H,1-2H3,(H,19,20)/t11-,15-/m1/s1. The van der Waals surface area contributed by atoms with Crippen molar-refractivity contribution in [3.05, 3.63) is 64.9 Å². The molecule has 0 saturated heterocycles. The van der Waals surface area contributed by atoms with E-state index < -0.39 is 0 Å². The maximum Gasteiger partial charge on any atom is 0.251 e. The van der Waals surface area contributed by atoms with Gasteiger partial charge in [0, 0.05) is 30.1 Å². The van der Waals surface area contributed by atoms with Gasteiger partial charge in [-0.3, -0.25) is 9.78 Å². The highest BCUT2D eigenvalue weighted by molar-refractivity contribution is 6.30. The van der Waals surface area contributed by atoms with Gasteiger partial charge < -0.3 is 10.1 Å². The van der Waals surface area contributed by atoms with E-state index in [9.17, 15) is 4.79 Å². The molecular weight excluding hydrogens is 288 g/mol. The zero-order valence-electron chi connectivity index (χ0n) is 11.9. The molecular formula is C16H17ClN2O2. The molecule has 0 aliphatic carbocycles. The molecule has 2 rings (SSSR count). The lowest BCUT2D eigenvalue weighted by Crippen LogP contribution is -2.37. The molecule has 110 valence electrons. The summed E-state index contributed by atoms with van der Waals surface area (Å²) < 4.78 is 5.50. The maximum absolute atomic E-state index is 12.1. The van der Waals surface area contributed by atoms with Crippen LogP contribution < -0.4 is 5.32 Å². The van der Waals surface area contributed by atoms with Crippen LogP contribution in [-0.4, -0.2) is 24.0 Å². The third kappa shape index (κ3) is 4.03. The number of carbonyl (C=O) groups excluding carboxylic acids is 1. The Morgan fingerprint density at radius 3 is 2.38 bits per heavy atom. The van der Waals surface area contributed by atoms with Gasteiger partial charge in [0.25, 0.3) is 5.91 Å². The first kappa shape index (κ1) is 15.5. The summed E-state index contributed by atoms with van der Waals surface area (Å²) in [5.41, 5.74) is 1.53. The number of rotatable bonds is 5. The van der Waals surface area contributed by atoms with Crippen LogP contribution in [-0.2, 0) is 4.74 Å². The van der Waals surface area contributed by atoms with Crippen LogP contribution >= 0.6 is 11.6 Å². The van der Waals surface area contributed by atoms with Crippen LogP contribution in [0.1, 0.15) is 28.9 Å². The Labute approximate surface area is 129 Å². The largest absolute Gasteiger partial charge is 0.375 e. The summed E-state index contributed by atoms with van der Waals surface area (Å²) in [6.07, 6.45) is 2.94. The minimum absolute atomic E-state index is 0.152. The van der Waals surface area contributed by atoms with Gasteiger partial charge >= 0.3 is 0 Å². The molecule has 0 unspecified atom stereocenters. The van der Waals surface area contributed by atoms with Gasteiger partial charge in [-0.05, 0) is 36.8 Å². The number of pyridine rings is 1. The zero-order valence-corrected chi connectivity index (χ0v) is 12.7. The lowest BCUT2D eigenvalue weighted by Gasteiger charge is -2.24. The molecule has 0 aliphatic heterocycles. The van der Waals surface area contributed by atoms with Crippen LogP contribution in [0.25, 0.3) is 0 Å². The minimum Gasteiger partial charge on any atom is -0.375 e. The SMILES string of the molecule is CO[C@@H](c1ccc(Cl)cc1)[C@@H](C)NC(=O)c1ccncc1. The molecule has 1 N–H and O–H groups in total. The molecule has 1 heterocycles. The normalized spacial score (nSPS) is 13.5. The average Bonchev–Trinajstić information content (AvgIpc) is 2.50. The van der Waals surface area contributed by atoms with Gasteiger partial charge in [0.2, 0.25) is 0 Å². The van der Waals surface area contributed by atoms with Crippen molar-refractivity contribution in [3.63, 3.8) is 0 Å². The van der Waals surface area contributed by atoms with Crippen molar-refractivity contribution in [2.75, 3.05) is 7.11 Å². The second-order valence-electron chi connectivity index (χ2n) is 4.71. The highest BCUT2D eigenvalue weighted by Crippen LogP contribution is 2.22. The molecule has 1 aromatic heterocycles. The molecule has 2 aromatic rings. The highest BCUT2D eigenvalue weighted by atomic mass is 35.5. The summed E-state index contributed by atoms with van der Waals surface area (Å²) in [5, 5.41) is 3.60. The van der Waals surface area contributed by atoms with Gasteiger partial charge in [-0.2, -0.15) is 0 Å². The highest BCUT2D eigenvalue weighted by Gasteiger charge is 2.21. The fraction of sp³-hybridized carbons (Fsp3) is 0.250. The third-order valence-electron chi connectivity index (χ3n) is 3.21. The quantitative estimate of drug-likeness (QED) is 0.922. The molecule has 5 heteroatoms. The summed E-state index contributed by atoms with van der Waals surface area (Å²) in [7, 11) is 1.62. The van der Waals surface area contributed by atoms with Gasteiger partial charge in [-0.1, -0.05) is 23.7 Å². The van der Waals surface area contributed by atoms with Crippen molar-refractivity contribution < 1.29 is 9.53 Å². The lowest BCUT2D eigenvalue weighted by molar-refractivity contribution is 0.0645. The number of halogens is 1. The molecule has 2 atom stereocenters. The number of nitrogens with one attached hydrogen (secondary N) is 1. The number of amides is 1. The summed E-state index contributed by atoms with van der Waals surface area (Å²) in [6, 6.07) is 10.6. The Balaban J connectivity index is 2.08. The number of nitrogens with zero attached hydrogens (tertiary/aromatic N) is 1. The lowest BCUT2D eigenvalue weighted by atomic mass is 10.0. The van der Waals surface area contributed by atoms with Gasteiger partial charge in [0.15, 0.2) is 0 Å². The van der Waals surface area contributed by atoms with Crippen molar-refractivity contribution >= 4 is 17.5 Å². The number of carbonyl (C=O) groups is 1. The first-order valence-electron chi connectivity index (χ1n) is 6.61. The van der Waals surface area contributed by atoms with E-state index >= 15 is 0 Å². The molecule has 4 nitrogen and oxygen atoms in total. The van der Waals surface area contributed by atoms with Gasteiger partial charge in [0.1, 0.15) is 6.10 Å². The van der Waals surface area contributed by atoms with Crippen molar-refractivity contribution in [2.24, 2.45) is 0 Å². The van der Waals surface area contributed by atoms with Crippen molar-refractivity contribution in [2.45, 2.75) is 19.1 Å². The van der Waals surface area contributed by atoms with Crippen LogP contribution in [0.5, 0.6) is 0 Å². The second-order valence-corrected chi connectivity index (χ2v) is 5.14. The van der Waals surface area contributed by atoms with E-state index in [2.05, 4.69) is 10.3 Å². The van der Waals surface area contributed by atoms with E-state index in [1.54, 1.807) is 43.8 Å². The monoisotopic (exact) mass is 304 g/mol.